The topological polar surface area (TPSA) is 133 Å². The molecule has 0 saturated carbocycles. The van der Waals surface area contributed by atoms with Gasteiger partial charge in [-0.25, -0.2) is 4.98 Å². The number of nitriles is 1. The Morgan fingerprint density at radius 2 is 1.89 bits per heavy atom. The maximum atomic E-state index is 13.2. The van der Waals surface area contributed by atoms with E-state index in [9.17, 15) is 20.2 Å². The van der Waals surface area contributed by atoms with Crippen LogP contribution in [0.5, 0.6) is 0 Å². The van der Waals surface area contributed by atoms with Crippen LogP contribution in [0.1, 0.15) is 21.5 Å². The van der Waals surface area contributed by atoms with Crippen molar-refractivity contribution < 1.29 is 9.72 Å². The Balaban J connectivity index is 1.48. The molecule has 0 unspecified atom stereocenters. The number of likely N-dealkylation sites (N-methyl/N-ethyl adjacent to an activating group) is 1. The van der Waals surface area contributed by atoms with E-state index in [1.54, 1.807) is 12.1 Å². The maximum Gasteiger partial charge on any atom is 0.293 e. The molecule has 37 heavy (non-hydrogen) atoms. The molecule has 1 fully saturated rings. The van der Waals surface area contributed by atoms with Crippen molar-refractivity contribution in [3.8, 4) is 11.9 Å². The SMILES string of the molecule is Cc1cc(-n2ncc(C#N)c2NC(=O)c2ccc(N3CCN(C)CC3)c([N+](=O)[O-])c2)nc2ccccc12. The van der Waals surface area contributed by atoms with Gasteiger partial charge in [-0.1, -0.05) is 18.2 Å². The highest BCUT2D eigenvalue weighted by Crippen LogP contribution is 2.31. The molecule has 0 radical (unpaired) electrons. The minimum absolute atomic E-state index is 0.101. The summed E-state index contributed by atoms with van der Waals surface area (Å²) in [6, 6.07) is 15.9. The number of hydrogen-bond acceptors (Lipinski definition) is 8. The fraction of sp³-hybridized carbons (Fsp3) is 0.231. The van der Waals surface area contributed by atoms with E-state index in [0.29, 0.717) is 24.6 Å². The largest absolute Gasteiger partial charge is 0.363 e. The lowest BCUT2D eigenvalue weighted by molar-refractivity contribution is -0.384. The van der Waals surface area contributed by atoms with Crippen LogP contribution in [-0.4, -0.2) is 63.7 Å². The van der Waals surface area contributed by atoms with Crippen molar-refractivity contribution in [1.82, 2.24) is 19.7 Å². The number of nitro groups is 1. The number of para-hydroxylation sites is 1. The predicted molar refractivity (Wildman–Crippen MR) is 139 cm³/mol. The van der Waals surface area contributed by atoms with Crippen molar-refractivity contribution in [2.45, 2.75) is 6.92 Å². The third-order valence-corrected chi connectivity index (χ3v) is 6.53. The standard InChI is InChI=1S/C26H24N8O3/c1-17-13-24(29-21-6-4-3-5-20(17)21)33-25(19(15-27)16-28-33)30-26(35)18-7-8-22(23(14-18)34(36)37)32-11-9-31(2)10-12-32/h3-8,13-14,16H,9-12H2,1-2H3,(H,30,35). The van der Waals surface area contributed by atoms with Gasteiger partial charge in [0, 0.05) is 43.2 Å². The summed E-state index contributed by atoms with van der Waals surface area (Å²) in [4.78, 5) is 33.4. The zero-order chi connectivity index (χ0) is 26.1. The molecular weight excluding hydrogens is 472 g/mol. The van der Waals surface area contributed by atoms with Crippen molar-refractivity contribution in [3.05, 3.63) is 81.5 Å². The second kappa shape index (κ2) is 9.67. The van der Waals surface area contributed by atoms with Crippen LogP contribution in [0.2, 0.25) is 0 Å². The average molecular weight is 497 g/mol. The van der Waals surface area contributed by atoms with Gasteiger partial charge < -0.3 is 15.1 Å². The smallest absolute Gasteiger partial charge is 0.293 e. The number of piperazine rings is 1. The first kappa shape index (κ1) is 23.9. The van der Waals surface area contributed by atoms with Gasteiger partial charge in [-0.2, -0.15) is 15.0 Å². The molecular formula is C26H24N8O3. The lowest BCUT2D eigenvalue weighted by Gasteiger charge is -2.33. The van der Waals surface area contributed by atoms with E-state index in [1.807, 2.05) is 55.3 Å². The molecule has 2 aromatic carbocycles. The summed E-state index contributed by atoms with van der Waals surface area (Å²) < 4.78 is 1.39. The van der Waals surface area contributed by atoms with Gasteiger partial charge in [0.05, 0.1) is 16.6 Å². The molecule has 2 aromatic heterocycles. The maximum absolute atomic E-state index is 13.2. The van der Waals surface area contributed by atoms with Crippen molar-refractivity contribution in [1.29, 1.82) is 5.26 Å². The molecule has 11 nitrogen and oxygen atoms in total. The Kier molecular flexibility index (Phi) is 6.25. The molecule has 1 saturated heterocycles. The normalized spacial score (nSPS) is 13.9. The van der Waals surface area contributed by atoms with Crippen molar-refractivity contribution in [2.24, 2.45) is 0 Å². The molecule has 0 spiro atoms. The van der Waals surface area contributed by atoms with Gasteiger partial charge in [0.25, 0.3) is 11.6 Å². The lowest BCUT2D eigenvalue weighted by atomic mass is 10.1. The minimum Gasteiger partial charge on any atom is -0.363 e. The molecule has 186 valence electrons. The number of aromatic nitrogens is 3. The average Bonchev–Trinajstić information content (AvgIpc) is 3.31. The fourth-order valence-corrected chi connectivity index (χ4v) is 4.47. The first-order chi connectivity index (χ1) is 17.9. The number of fused-ring (bicyclic) bond motifs is 1. The monoisotopic (exact) mass is 496 g/mol. The Hall–Kier alpha value is -4.82. The van der Waals surface area contributed by atoms with Crippen LogP contribution in [0.3, 0.4) is 0 Å². The summed E-state index contributed by atoms with van der Waals surface area (Å²) in [5, 5.41) is 29.5. The van der Waals surface area contributed by atoms with Gasteiger partial charge in [-0.05, 0) is 43.8 Å². The Morgan fingerprint density at radius 1 is 1.14 bits per heavy atom. The van der Waals surface area contributed by atoms with Crippen molar-refractivity contribution >= 4 is 34.0 Å². The highest BCUT2D eigenvalue weighted by atomic mass is 16.6. The van der Waals surface area contributed by atoms with E-state index < -0.39 is 10.8 Å². The number of anilines is 2. The number of rotatable bonds is 5. The van der Waals surface area contributed by atoms with Gasteiger partial charge in [0.1, 0.15) is 17.3 Å². The van der Waals surface area contributed by atoms with Crippen LogP contribution in [-0.2, 0) is 0 Å². The third-order valence-electron chi connectivity index (χ3n) is 6.53. The summed E-state index contributed by atoms with van der Waals surface area (Å²) in [5.41, 5.74) is 2.29. The predicted octanol–water partition coefficient (Wildman–Crippen LogP) is 3.51. The molecule has 0 atom stereocenters. The van der Waals surface area contributed by atoms with Crippen molar-refractivity contribution in [2.75, 3.05) is 43.4 Å². The summed E-state index contributed by atoms with van der Waals surface area (Å²) in [5.74, 6) is -0.0198. The fourth-order valence-electron chi connectivity index (χ4n) is 4.47. The summed E-state index contributed by atoms with van der Waals surface area (Å²) in [6.45, 7) is 4.85. The van der Waals surface area contributed by atoms with E-state index in [1.165, 1.54) is 16.9 Å². The number of pyridine rings is 1. The number of nitro benzene ring substituents is 1. The summed E-state index contributed by atoms with van der Waals surface area (Å²) >= 11 is 0. The molecule has 3 heterocycles. The Labute approximate surface area is 212 Å². The first-order valence-corrected chi connectivity index (χ1v) is 11.7. The van der Waals surface area contributed by atoms with E-state index in [2.05, 4.69) is 20.3 Å². The number of benzene rings is 2. The lowest BCUT2D eigenvalue weighted by Crippen LogP contribution is -2.44. The molecule has 1 N–H and O–H groups in total. The van der Waals surface area contributed by atoms with E-state index in [-0.39, 0.29) is 22.6 Å². The second-order valence-corrected chi connectivity index (χ2v) is 8.95. The molecule has 5 rings (SSSR count). The van der Waals surface area contributed by atoms with Crippen molar-refractivity contribution in [3.63, 3.8) is 0 Å². The molecule has 1 aliphatic rings. The van der Waals surface area contributed by atoms with Gasteiger partial charge in [0.2, 0.25) is 0 Å². The second-order valence-electron chi connectivity index (χ2n) is 8.95. The summed E-state index contributed by atoms with van der Waals surface area (Å²) in [7, 11) is 2.01. The third kappa shape index (κ3) is 4.57. The number of nitrogens with zero attached hydrogens (tertiary/aromatic N) is 7. The molecule has 1 aliphatic heterocycles. The highest BCUT2D eigenvalue weighted by Gasteiger charge is 2.25. The summed E-state index contributed by atoms with van der Waals surface area (Å²) in [6.07, 6.45) is 1.35. The zero-order valence-electron chi connectivity index (χ0n) is 20.4. The minimum atomic E-state index is -0.594. The Morgan fingerprint density at radius 3 is 2.62 bits per heavy atom. The number of amides is 1. The van der Waals surface area contributed by atoms with E-state index >= 15 is 0 Å². The molecule has 4 aromatic rings. The molecule has 11 heteroatoms. The number of carbonyl (C=O) groups excluding carboxylic acids is 1. The zero-order valence-corrected chi connectivity index (χ0v) is 20.4. The molecule has 0 bridgehead atoms. The first-order valence-electron chi connectivity index (χ1n) is 11.7. The van der Waals surface area contributed by atoms with Crippen LogP contribution < -0.4 is 10.2 Å². The number of carbonyl (C=O) groups is 1. The van der Waals surface area contributed by atoms with Crippen LogP contribution in [0.25, 0.3) is 16.7 Å². The van der Waals surface area contributed by atoms with Crippen LogP contribution in [0.15, 0.2) is 54.7 Å². The van der Waals surface area contributed by atoms with Crippen LogP contribution >= 0.6 is 0 Å². The number of nitrogens with one attached hydrogen (secondary N) is 1. The number of hydrogen-bond donors (Lipinski definition) is 1. The van der Waals surface area contributed by atoms with Crippen LogP contribution in [0.4, 0.5) is 17.2 Å². The highest BCUT2D eigenvalue weighted by molar-refractivity contribution is 6.05. The molecule has 1 amide bonds. The Bertz CT molecular complexity index is 1560. The van der Waals surface area contributed by atoms with Gasteiger partial charge in [-0.15, -0.1) is 0 Å². The number of aryl methyl sites for hydroxylation is 1. The van der Waals surface area contributed by atoms with E-state index in [0.717, 1.165) is 29.6 Å². The van der Waals surface area contributed by atoms with Gasteiger partial charge in [-0.3, -0.25) is 14.9 Å². The van der Waals surface area contributed by atoms with Gasteiger partial charge >= 0.3 is 0 Å². The quantitative estimate of drug-likeness (QED) is 0.328. The van der Waals surface area contributed by atoms with E-state index in [4.69, 9.17) is 0 Å². The van der Waals surface area contributed by atoms with Gasteiger partial charge in [0.15, 0.2) is 11.6 Å². The molecule has 0 aliphatic carbocycles. The van der Waals surface area contributed by atoms with Crippen LogP contribution in [0, 0.1) is 28.4 Å².